The van der Waals surface area contributed by atoms with E-state index in [-0.39, 0.29) is 11.5 Å². The van der Waals surface area contributed by atoms with Crippen molar-refractivity contribution >= 4 is 0 Å². The Bertz CT molecular complexity index is 642. The monoisotopic (exact) mass is 250 g/mol. The maximum absolute atomic E-state index is 6.32. The van der Waals surface area contributed by atoms with Crippen LogP contribution < -0.4 is 4.74 Å². The second-order valence-electron chi connectivity index (χ2n) is 6.27. The Balaban J connectivity index is 1.89. The molecule has 2 atom stereocenters. The minimum Gasteiger partial charge on any atom is -0.485 e. The van der Waals surface area contributed by atoms with Crippen LogP contribution in [0.5, 0.6) is 5.75 Å². The van der Waals surface area contributed by atoms with Crippen molar-refractivity contribution in [3.05, 3.63) is 65.2 Å². The molecule has 2 aromatic rings. The molecule has 1 aliphatic heterocycles. The minimum absolute atomic E-state index is 0.165. The van der Waals surface area contributed by atoms with E-state index in [4.69, 9.17) is 4.74 Å². The Morgan fingerprint density at radius 2 is 1.74 bits per heavy atom. The second-order valence-corrected chi connectivity index (χ2v) is 6.27. The number of hydrogen-bond donors (Lipinski definition) is 0. The first kappa shape index (κ1) is 11.1. The van der Waals surface area contributed by atoms with Gasteiger partial charge in [-0.25, -0.2) is 0 Å². The fraction of sp³-hybridized carbons (Fsp3) is 0.333. The highest BCUT2D eigenvalue weighted by Gasteiger charge is 2.48. The first-order valence-electron chi connectivity index (χ1n) is 7.02. The zero-order chi connectivity index (χ0) is 13.0. The van der Waals surface area contributed by atoms with Gasteiger partial charge in [-0.1, -0.05) is 56.3 Å². The van der Waals surface area contributed by atoms with E-state index in [1.54, 1.807) is 0 Å². The van der Waals surface area contributed by atoms with E-state index < -0.39 is 0 Å². The fourth-order valence-corrected chi connectivity index (χ4v) is 3.78. The summed E-state index contributed by atoms with van der Waals surface area (Å²) in [6.45, 7) is 4.72. The molecule has 0 bridgehead atoms. The van der Waals surface area contributed by atoms with Crippen LogP contribution in [-0.4, -0.2) is 0 Å². The Morgan fingerprint density at radius 3 is 2.63 bits per heavy atom. The predicted molar refractivity (Wildman–Crippen MR) is 76.5 cm³/mol. The van der Waals surface area contributed by atoms with E-state index in [1.165, 1.54) is 16.7 Å². The van der Waals surface area contributed by atoms with Crippen molar-refractivity contribution < 1.29 is 4.74 Å². The quantitative estimate of drug-likeness (QED) is 0.678. The summed E-state index contributed by atoms with van der Waals surface area (Å²) in [5, 5.41) is 0. The van der Waals surface area contributed by atoms with Gasteiger partial charge in [-0.05, 0) is 23.6 Å². The highest BCUT2D eigenvalue weighted by molar-refractivity contribution is 5.47. The van der Waals surface area contributed by atoms with Crippen LogP contribution in [0.3, 0.4) is 0 Å². The third-order valence-corrected chi connectivity index (χ3v) is 4.93. The number of para-hydroxylation sites is 1. The molecule has 0 saturated carbocycles. The van der Waals surface area contributed by atoms with Gasteiger partial charge in [-0.2, -0.15) is 0 Å². The molecule has 0 radical (unpaired) electrons. The molecule has 0 amide bonds. The normalized spacial score (nSPS) is 26.0. The second kappa shape index (κ2) is 3.63. The molecule has 2 aromatic carbocycles. The average molecular weight is 250 g/mol. The molecule has 0 fully saturated rings. The molecule has 1 nitrogen and oxygen atoms in total. The summed E-state index contributed by atoms with van der Waals surface area (Å²) in [7, 11) is 0. The topological polar surface area (TPSA) is 9.23 Å². The summed E-state index contributed by atoms with van der Waals surface area (Å²) in [6.07, 6.45) is 1.35. The largest absolute Gasteiger partial charge is 0.485 e. The lowest BCUT2D eigenvalue weighted by atomic mass is 9.69. The van der Waals surface area contributed by atoms with Crippen LogP contribution in [0, 0.1) is 5.92 Å². The van der Waals surface area contributed by atoms with E-state index in [0.717, 1.165) is 12.2 Å². The van der Waals surface area contributed by atoms with E-state index >= 15 is 0 Å². The third-order valence-electron chi connectivity index (χ3n) is 4.93. The van der Waals surface area contributed by atoms with Crippen molar-refractivity contribution in [2.45, 2.75) is 31.8 Å². The summed E-state index contributed by atoms with van der Waals surface area (Å²) in [5.41, 5.74) is 4.36. The molecule has 19 heavy (non-hydrogen) atoms. The highest BCUT2D eigenvalue weighted by atomic mass is 16.5. The van der Waals surface area contributed by atoms with Crippen LogP contribution in [0.1, 0.15) is 36.6 Å². The van der Waals surface area contributed by atoms with E-state index in [2.05, 4.69) is 62.4 Å². The fourth-order valence-electron chi connectivity index (χ4n) is 3.78. The first-order chi connectivity index (χ1) is 9.18. The van der Waals surface area contributed by atoms with Crippen molar-refractivity contribution in [1.29, 1.82) is 0 Å². The minimum atomic E-state index is 0.165. The lowest BCUT2D eigenvalue weighted by Crippen LogP contribution is -2.38. The lowest BCUT2D eigenvalue weighted by Gasteiger charge is -2.42. The molecular weight excluding hydrogens is 232 g/mol. The Kier molecular flexibility index (Phi) is 2.12. The van der Waals surface area contributed by atoms with E-state index in [1.807, 2.05) is 0 Å². The number of fused-ring (bicyclic) bond motifs is 4. The van der Waals surface area contributed by atoms with Gasteiger partial charge in [0.05, 0.1) is 0 Å². The predicted octanol–water partition coefficient (Wildman–Crippen LogP) is 4.27. The van der Waals surface area contributed by atoms with Gasteiger partial charge in [-0.15, -0.1) is 0 Å². The van der Waals surface area contributed by atoms with Crippen LogP contribution in [0.2, 0.25) is 0 Å². The summed E-state index contributed by atoms with van der Waals surface area (Å²) >= 11 is 0. The molecule has 1 heteroatoms. The molecule has 0 unspecified atom stereocenters. The van der Waals surface area contributed by atoms with Gasteiger partial charge >= 0.3 is 0 Å². The van der Waals surface area contributed by atoms with Gasteiger partial charge in [-0.3, -0.25) is 0 Å². The summed E-state index contributed by atoms with van der Waals surface area (Å²) in [4.78, 5) is 0. The number of rotatable bonds is 0. The molecule has 1 aliphatic carbocycles. The Hall–Kier alpha value is -1.76. The van der Waals surface area contributed by atoms with Crippen LogP contribution in [0.25, 0.3) is 0 Å². The van der Waals surface area contributed by atoms with E-state index in [9.17, 15) is 0 Å². The molecule has 4 rings (SSSR count). The number of ether oxygens (including phenoxy) is 1. The Labute approximate surface area is 114 Å². The van der Waals surface area contributed by atoms with Crippen molar-refractivity contribution in [2.24, 2.45) is 5.92 Å². The molecule has 2 aliphatic rings. The molecule has 0 N–H and O–H groups in total. The van der Waals surface area contributed by atoms with E-state index in [0.29, 0.717) is 5.92 Å². The Morgan fingerprint density at radius 1 is 1.00 bits per heavy atom. The molecule has 1 heterocycles. The summed E-state index contributed by atoms with van der Waals surface area (Å²) < 4.78 is 6.32. The average Bonchev–Trinajstić information content (AvgIpc) is 2.79. The van der Waals surface area contributed by atoms with Gasteiger partial charge in [0, 0.05) is 16.9 Å². The summed E-state index contributed by atoms with van der Waals surface area (Å²) in [5.74, 6) is 1.60. The van der Waals surface area contributed by atoms with Crippen LogP contribution in [-0.2, 0) is 11.8 Å². The maximum atomic E-state index is 6.32. The van der Waals surface area contributed by atoms with Gasteiger partial charge in [0.1, 0.15) is 11.9 Å². The van der Waals surface area contributed by atoms with Crippen LogP contribution in [0.15, 0.2) is 48.5 Å². The van der Waals surface area contributed by atoms with Crippen molar-refractivity contribution in [3.8, 4) is 5.75 Å². The highest BCUT2D eigenvalue weighted by Crippen LogP contribution is 2.54. The maximum Gasteiger partial charge on any atom is 0.128 e. The molecule has 0 aromatic heterocycles. The SMILES string of the molecule is CC1(C)c2ccccc2O[C@H]2c3ccccc3C[C@H]21. The van der Waals surface area contributed by atoms with Crippen molar-refractivity contribution in [1.82, 2.24) is 0 Å². The number of benzene rings is 2. The zero-order valence-corrected chi connectivity index (χ0v) is 11.4. The van der Waals surface area contributed by atoms with Crippen LogP contribution in [0.4, 0.5) is 0 Å². The van der Waals surface area contributed by atoms with Crippen LogP contribution >= 0.6 is 0 Å². The van der Waals surface area contributed by atoms with Gasteiger partial charge < -0.3 is 4.74 Å². The van der Waals surface area contributed by atoms with Crippen molar-refractivity contribution in [3.63, 3.8) is 0 Å². The molecule has 0 saturated heterocycles. The van der Waals surface area contributed by atoms with Gasteiger partial charge in [0.15, 0.2) is 0 Å². The first-order valence-corrected chi connectivity index (χ1v) is 7.02. The smallest absolute Gasteiger partial charge is 0.128 e. The standard InChI is InChI=1S/C18H18O/c1-18(2)14-9-5-6-10-16(14)19-17-13-8-4-3-7-12(13)11-15(17)18/h3-10,15,17H,11H2,1-2H3/t15-,17+/m1/s1. The number of hydrogen-bond acceptors (Lipinski definition) is 1. The molecule has 96 valence electrons. The third kappa shape index (κ3) is 1.42. The lowest BCUT2D eigenvalue weighted by molar-refractivity contribution is 0.0743. The van der Waals surface area contributed by atoms with Gasteiger partial charge in [0.25, 0.3) is 0 Å². The van der Waals surface area contributed by atoms with Crippen molar-refractivity contribution in [2.75, 3.05) is 0 Å². The van der Waals surface area contributed by atoms with Gasteiger partial charge in [0.2, 0.25) is 0 Å². The summed E-state index contributed by atoms with van der Waals surface area (Å²) in [6, 6.07) is 17.2. The zero-order valence-electron chi connectivity index (χ0n) is 11.4. The molecular formula is C18H18O. The molecule has 0 spiro atoms.